The summed E-state index contributed by atoms with van der Waals surface area (Å²) < 4.78 is 32.7. The second-order valence-electron chi connectivity index (χ2n) is 16.2. The largest absolute Gasteiger partial charge is 0.472 e. The fraction of sp³-hybridized carbons (Fsp3) is 0.729. The molecule has 0 aromatic heterocycles. The molecule has 0 spiro atoms. The van der Waals surface area contributed by atoms with E-state index in [1.54, 1.807) is 12.2 Å². The minimum Gasteiger partial charge on any atom is -0.462 e. The van der Waals surface area contributed by atoms with Gasteiger partial charge in [0.15, 0.2) is 6.10 Å². The van der Waals surface area contributed by atoms with E-state index in [4.69, 9.17) is 19.1 Å². The van der Waals surface area contributed by atoms with Crippen LogP contribution in [-0.2, 0) is 37.5 Å². The first-order chi connectivity index (χ1) is 29.9. The number of carbonyl (C=O) groups is 3. The molecule has 0 radical (unpaired) electrons. The molecule has 62 heavy (non-hydrogen) atoms. The highest BCUT2D eigenvalue weighted by atomic mass is 31.2. The number of phosphoric ester groups is 1. The van der Waals surface area contributed by atoms with Gasteiger partial charge in [0.05, 0.1) is 32.0 Å². The van der Waals surface area contributed by atoms with Crippen LogP contribution in [0.2, 0.25) is 0 Å². The number of ketones is 1. The Kier molecular flexibility index (Phi) is 34.8. The van der Waals surface area contributed by atoms with Crippen LogP contribution in [-0.4, -0.2) is 93.9 Å². The van der Waals surface area contributed by atoms with Crippen LogP contribution in [0.15, 0.2) is 60.8 Å². The summed E-state index contributed by atoms with van der Waals surface area (Å²) in [7, 11) is -4.69. The zero-order valence-corrected chi connectivity index (χ0v) is 38.7. The Morgan fingerprint density at radius 1 is 0.726 bits per heavy atom. The van der Waals surface area contributed by atoms with E-state index in [1.807, 2.05) is 0 Å². The normalized spacial score (nSPS) is 19.7. The third-order valence-electron chi connectivity index (χ3n) is 10.6. The van der Waals surface area contributed by atoms with Crippen molar-refractivity contribution in [3.05, 3.63) is 60.8 Å². The molecule has 0 heterocycles. The molecule has 0 amide bonds. The first-order valence-electron chi connectivity index (χ1n) is 23.3. The smallest absolute Gasteiger partial charge is 0.462 e. The van der Waals surface area contributed by atoms with Gasteiger partial charge < -0.3 is 34.8 Å². The molecule has 0 saturated heterocycles. The minimum atomic E-state index is -4.69. The highest BCUT2D eigenvalue weighted by molar-refractivity contribution is 7.47. The van der Waals surface area contributed by atoms with Gasteiger partial charge in [0.2, 0.25) is 0 Å². The van der Waals surface area contributed by atoms with E-state index in [0.29, 0.717) is 32.1 Å². The summed E-state index contributed by atoms with van der Waals surface area (Å²) in [5.74, 6) is -1.75. The zero-order valence-electron chi connectivity index (χ0n) is 37.8. The number of carbonyl (C=O) groups excluding carboxylic acids is 3. The fourth-order valence-corrected chi connectivity index (χ4v) is 7.67. The quantitative estimate of drug-likeness (QED) is 0.0169. The van der Waals surface area contributed by atoms with Gasteiger partial charge in [-0.05, 0) is 76.5 Å². The number of aliphatic hydroxyl groups is 4. The average Bonchev–Trinajstić information content (AvgIpc) is 3.52. The van der Waals surface area contributed by atoms with Crippen LogP contribution in [0.5, 0.6) is 0 Å². The number of allylic oxidation sites excluding steroid dienone is 9. The number of ether oxygens (including phenoxy) is 2. The summed E-state index contributed by atoms with van der Waals surface area (Å²) in [4.78, 5) is 47.8. The molecular weight excluding hydrogens is 815 g/mol. The highest BCUT2D eigenvalue weighted by Crippen LogP contribution is 2.43. The van der Waals surface area contributed by atoms with E-state index >= 15 is 0 Å². The average molecular weight is 897 g/mol. The second kappa shape index (κ2) is 37.6. The summed E-state index contributed by atoms with van der Waals surface area (Å²) in [6, 6.07) is 0. The van der Waals surface area contributed by atoms with Crippen LogP contribution in [0.4, 0.5) is 0 Å². The molecule has 1 aliphatic rings. The third-order valence-corrected chi connectivity index (χ3v) is 11.5. The molecule has 0 bridgehead atoms. The van der Waals surface area contributed by atoms with Gasteiger partial charge in [0, 0.05) is 25.2 Å². The van der Waals surface area contributed by atoms with E-state index in [2.05, 4.69) is 67.0 Å². The minimum absolute atomic E-state index is 0.0135. The number of rotatable bonds is 39. The lowest BCUT2D eigenvalue weighted by atomic mass is 9.88. The van der Waals surface area contributed by atoms with E-state index < -0.39 is 76.5 Å². The van der Waals surface area contributed by atoms with Gasteiger partial charge in [-0.25, -0.2) is 4.57 Å². The summed E-state index contributed by atoms with van der Waals surface area (Å²) in [5, 5.41) is 39.2. The van der Waals surface area contributed by atoms with Crippen molar-refractivity contribution in [1.29, 1.82) is 0 Å². The number of hydrogen-bond acceptors (Lipinski definition) is 12. The lowest BCUT2D eigenvalue weighted by Gasteiger charge is -2.20. The Hall–Kier alpha value is -2.74. The monoisotopic (exact) mass is 897 g/mol. The highest BCUT2D eigenvalue weighted by Gasteiger charge is 2.39. The van der Waals surface area contributed by atoms with Gasteiger partial charge in [0.25, 0.3) is 0 Å². The molecule has 5 N–H and O–H groups in total. The van der Waals surface area contributed by atoms with Crippen LogP contribution in [0.25, 0.3) is 0 Å². The van der Waals surface area contributed by atoms with Gasteiger partial charge in [-0.3, -0.25) is 23.4 Å². The molecule has 0 aliphatic heterocycles. The molecule has 14 heteroatoms. The van der Waals surface area contributed by atoms with Gasteiger partial charge in [-0.15, -0.1) is 0 Å². The maximum absolute atomic E-state index is 12.7. The van der Waals surface area contributed by atoms with E-state index in [9.17, 15) is 39.2 Å². The van der Waals surface area contributed by atoms with Crippen molar-refractivity contribution in [2.24, 2.45) is 11.8 Å². The van der Waals surface area contributed by atoms with Crippen LogP contribution in [0.1, 0.15) is 162 Å². The van der Waals surface area contributed by atoms with Crippen LogP contribution in [0, 0.1) is 11.8 Å². The lowest BCUT2D eigenvalue weighted by Crippen LogP contribution is -2.29. The number of aliphatic hydroxyl groups excluding tert-OH is 4. The van der Waals surface area contributed by atoms with Crippen LogP contribution < -0.4 is 0 Å². The first-order valence-corrected chi connectivity index (χ1v) is 24.8. The Bertz CT molecular complexity index is 1380. The summed E-state index contributed by atoms with van der Waals surface area (Å²) in [5.41, 5.74) is 0. The topological polar surface area (TPSA) is 206 Å². The second-order valence-corrected chi connectivity index (χ2v) is 17.7. The van der Waals surface area contributed by atoms with E-state index in [0.717, 1.165) is 77.0 Å². The van der Waals surface area contributed by atoms with E-state index in [1.165, 1.54) is 19.3 Å². The maximum Gasteiger partial charge on any atom is 0.472 e. The lowest BCUT2D eigenvalue weighted by molar-refractivity contribution is -0.161. The molecule has 1 aliphatic carbocycles. The Labute approximate surface area is 372 Å². The van der Waals surface area contributed by atoms with Crippen molar-refractivity contribution in [2.75, 3.05) is 26.4 Å². The molecule has 1 fully saturated rings. The van der Waals surface area contributed by atoms with Crippen LogP contribution in [0.3, 0.4) is 0 Å². The summed E-state index contributed by atoms with van der Waals surface area (Å²) in [6.45, 7) is 1.94. The molecule has 1 unspecified atom stereocenters. The van der Waals surface area contributed by atoms with Gasteiger partial charge in [-0.2, -0.15) is 0 Å². The fourth-order valence-electron chi connectivity index (χ4n) is 6.88. The van der Waals surface area contributed by atoms with Gasteiger partial charge in [0.1, 0.15) is 18.5 Å². The summed E-state index contributed by atoms with van der Waals surface area (Å²) >= 11 is 0. The Balaban J connectivity index is 2.44. The molecule has 356 valence electrons. The first kappa shape index (κ1) is 57.3. The van der Waals surface area contributed by atoms with Gasteiger partial charge in [-0.1, -0.05) is 132 Å². The van der Waals surface area contributed by atoms with Crippen molar-refractivity contribution in [3.8, 4) is 0 Å². The van der Waals surface area contributed by atoms with Crippen molar-refractivity contribution in [1.82, 2.24) is 0 Å². The SMILES string of the molecule is CCCCC/C=C\C/C=C\C/C=C\C/C=C\CCCCCC(=O)O[C@H](COC(=O)CCCCCC[C@H]1[C@@H](O)CC(=O)[C@@H]1/C=C/[C@@H](O)CCCCC)COP(=O)(O)OC[C@@H](O)CO. The number of hydrogen-bond donors (Lipinski definition) is 5. The maximum atomic E-state index is 12.7. The molecular formula is C48H81O13P. The Morgan fingerprint density at radius 3 is 1.90 bits per heavy atom. The molecule has 7 atom stereocenters. The van der Waals surface area contributed by atoms with Crippen molar-refractivity contribution < 1.29 is 62.8 Å². The van der Waals surface area contributed by atoms with Crippen molar-refractivity contribution in [2.45, 2.75) is 186 Å². The van der Waals surface area contributed by atoms with Crippen LogP contribution >= 0.6 is 7.82 Å². The number of esters is 2. The summed E-state index contributed by atoms with van der Waals surface area (Å²) in [6.07, 6.45) is 35.1. The number of phosphoric acid groups is 1. The van der Waals surface area contributed by atoms with Crippen molar-refractivity contribution in [3.63, 3.8) is 0 Å². The number of unbranched alkanes of at least 4 members (excludes halogenated alkanes) is 11. The standard InChI is InChI=1S/C48H81O13P/c1-3-5-7-8-9-10-11-12-13-14-15-16-17-18-19-20-21-22-28-32-48(55)61-42(39-60-62(56,57)59-37-41(51)36-49)38-58-47(54)31-27-24-23-26-30-43-44(46(53)35-45(43)52)34-33-40(50)29-25-6-4-2/h9-10,12-13,15-16,18-19,33-34,40-45,49-52H,3-8,11,14,17,20-32,35-39H2,1-2H3,(H,56,57)/b10-9-,13-12-,16-15-,19-18-,34-33+/t40-,41-,42+,43+,44+,45-/m0/s1. The van der Waals surface area contributed by atoms with E-state index in [-0.39, 0.29) is 31.0 Å². The predicted molar refractivity (Wildman–Crippen MR) is 243 cm³/mol. The third kappa shape index (κ3) is 31.2. The van der Waals surface area contributed by atoms with Crippen molar-refractivity contribution >= 4 is 25.5 Å². The molecule has 1 rings (SSSR count). The number of Topliss-reactive ketones (excluding diaryl/α,β-unsaturated/α-hetero) is 1. The molecule has 13 nitrogen and oxygen atoms in total. The van der Waals surface area contributed by atoms with Gasteiger partial charge >= 0.3 is 19.8 Å². The predicted octanol–water partition coefficient (Wildman–Crippen LogP) is 9.26. The molecule has 1 saturated carbocycles. The zero-order chi connectivity index (χ0) is 45.7. The molecule has 0 aromatic carbocycles. The molecule has 0 aromatic rings. The Morgan fingerprint density at radius 2 is 1.27 bits per heavy atom.